The van der Waals surface area contributed by atoms with Gasteiger partial charge in [-0.15, -0.1) is 0 Å². The maximum absolute atomic E-state index is 12.8. The summed E-state index contributed by atoms with van der Waals surface area (Å²) in [6, 6.07) is 9.19. The van der Waals surface area contributed by atoms with Gasteiger partial charge in [-0.25, -0.2) is 9.89 Å². The predicted molar refractivity (Wildman–Crippen MR) is 110 cm³/mol. The molecule has 0 fully saturated rings. The van der Waals surface area contributed by atoms with Crippen LogP contribution in [0.2, 0.25) is 5.02 Å². The molecule has 0 bridgehead atoms. The monoisotopic (exact) mass is 442 g/mol. The lowest BCUT2D eigenvalue weighted by Gasteiger charge is -2.19. The van der Waals surface area contributed by atoms with Crippen LogP contribution in [-0.2, 0) is 4.79 Å². The van der Waals surface area contributed by atoms with Crippen LogP contribution < -0.4 is 16.6 Å². The molecule has 0 aliphatic heterocycles. The number of rotatable bonds is 4. The number of hydrogen-bond acceptors (Lipinski definition) is 7. The Hall–Kier alpha value is -3.50. The summed E-state index contributed by atoms with van der Waals surface area (Å²) in [6.07, 6.45) is 0. The van der Waals surface area contributed by atoms with Crippen LogP contribution >= 0.6 is 23.4 Å². The summed E-state index contributed by atoms with van der Waals surface area (Å²) in [6.45, 7) is 0. The van der Waals surface area contributed by atoms with Gasteiger partial charge in [0.1, 0.15) is 0 Å². The van der Waals surface area contributed by atoms with Crippen LogP contribution in [0.15, 0.2) is 51.0 Å². The quantitative estimate of drug-likeness (QED) is 0.407. The third kappa shape index (κ3) is 3.58. The predicted octanol–water partition coefficient (Wildman–Crippen LogP) is 1.62. The molecule has 0 atom stereocenters. The molecular formula is C19H11ClN4O5S. The molecule has 1 heterocycles. The topological polar surface area (TPSA) is 142 Å². The average Bonchev–Trinajstić information content (AvgIpc) is 2.72. The van der Waals surface area contributed by atoms with Crippen molar-refractivity contribution in [1.82, 2.24) is 15.2 Å². The number of benzene rings is 2. The van der Waals surface area contributed by atoms with Gasteiger partial charge in [-0.1, -0.05) is 47.6 Å². The molecule has 3 N–H and O–H groups in total. The largest absolute Gasteiger partial charge is 0.342 e. The highest BCUT2D eigenvalue weighted by Crippen LogP contribution is 2.33. The molecule has 1 aliphatic rings. The second kappa shape index (κ2) is 7.73. The highest BCUT2D eigenvalue weighted by Gasteiger charge is 2.30. The zero-order chi connectivity index (χ0) is 21.4. The molecule has 9 nitrogen and oxygen atoms in total. The Morgan fingerprint density at radius 3 is 2.27 bits per heavy atom. The molecule has 4 rings (SSSR count). The van der Waals surface area contributed by atoms with Gasteiger partial charge in [0.25, 0.3) is 5.56 Å². The SMILES string of the molecule is O=C(CSc1n[nH]c(=O)[nH]c1=O)Nc1cc2c(cc1Cl)C(=O)c1ccccc1C2=O. The van der Waals surface area contributed by atoms with Crippen LogP contribution in [0.5, 0.6) is 0 Å². The molecule has 1 amide bonds. The molecule has 0 radical (unpaired) electrons. The lowest BCUT2D eigenvalue weighted by Crippen LogP contribution is -2.26. The number of hydrogen-bond donors (Lipinski definition) is 3. The van der Waals surface area contributed by atoms with E-state index >= 15 is 0 Å². The van der Waals surface area contributed by atoms with E-state index in [1.807, 2.05) is 4.98 Å². The van der Waals surface area contributed by atoms with E-state index in [4.69, 9.17) is 11.6 Å². The van der Waals surface area contributed by atoms with Crippen LogP contribution in [-0.4, -0.2) is 38.4 Å². The van der Waals surface area contributed by atoms with E-state index in [-0.39, 0.29) is 49.7 Å². The van der Waals surface area contributed by atoms with Gasteiger partial charge in [-0.2, -0.15) is 5.10 Å². The lowest BCUT2D eigenvalue weighted by molar-refractivity contribution is -0.113. The molecule has 150 valence electrons. The lowest BCUT2D eigenvalue weighted by atomic mass is 9.84. The third-order valence-electron chi connectivity index (χ3n) is 4.31. The maximum Gasteiger partial charge on any atom is 0.342 e. The number of H-pyrrole nitrogens is 2. The molecular weight excluding hydrogens is 432 g/mol. The molecule has 0 spiro atoms. The minimum Gasteiger partial charge on any atom is -0.324 e. The molecule has 1 aromatic heterocycles. The standard InChI is InChI=1S/C19H11ClN4O5S/c20-12-5-10-11(16(27)9-4-2-1-3-8(9)15(10)26)6-13(12)21-14(25)7-30-18-17(28)22-19(29)24-23-18/h1-6H,7H2,(H,21,25)(H2,22,24,28,29). The summed E-state index contributed by atoms with van der Waals surface area (Å²) in [5, 5.41) is 8.19. The first-order valence-corrected chi connectivity index (χ1v) is 9.85. The van der Waals surface area contributed by atoms with Crippen molar-refractivity contribution in [1.29, 1.82) is 0 Å². The number of aromatic nitrogens is 3. The normalized spacial score (nSPS) is 12.3. The zero-order valence-electron chi connectivity index (χ0n) is 14.9. The molecule has 0 unspecified atom stereocenters. The Morgan fingerprint density at radius 2 is 1.63 bits per heavy atom. The summed E-state index contributed by atoms with van der Waals surface area (Å²) < 4.78 is 0. The Labute approximate surface area is 176 Å². The first kappa shape index (κ1) is 19.8. The number of ketones is 2. The number of thioether (sulfide) groups is 1. The number of fused-ring (bicyclic) bond motifs is 2. The number of nitrogens with one attached hydrogen (secondary N) is 3. The van der Waals surface area contributed by atoms with Gasteiger partial charge in [0.15, 0.2) is 16.6 Å². The number of carbonyl (C=O) groups is 3. The summed E-state index contributed by atoms with van der Waals surface area (Å²) in [5.41, 5.74) is -0.414. The maximum atomic E-state index is 12.8. The van der Waals surface area contributed by atoms with E-state index in [1.54, 1.807) is 24.3 Å². The number of anilines is 1. The smallest absolute Gasteiger partial charge is 0.324 e. The van der Waals surface area contributed by atoms with Crippen molar-refractivity contribution in [3.8, 4) is 0 Å². The molecule has 30 heavy (non-hydrogen) atoms. The van der Waals surface area contributed by atoms with E-state index < -0.39 is 17.2 Å². The molecule has 0 saturated carbocycles. The Morgan fingerprint density at radius 1 is 1.00 bits per heavy atom. The van der Waals surface area contributed by atoms with Crippen LogP contribution in [0.3, 0.4) is 0 Å². The van der Waals surface area contributed by atoms with Gasteiger partial charge in [-0.3, -0.25) is 24.2 Å². The van der Waals surface area contributed by atoms with Crippen molar-refractivity contribution in [2.24, 2.45) is 0 Å². The molecule has 0 saturated heterocycles. The summed E-state index contributed by atoms with van der Waals surface area (Å²) >= 11 is 7.02. The van der Waals surface area contributed by atoms with Gasteiger partial charge in [0.05, 0.1) is 16.5 Å². The fourth-order valence-electron chi connectivity index (χ4n) is 2.97. The highest BCUT2D eigenvalue weighted by atomic mass is 35.5. The van der Waals surface area contributed by atoms with E-state index in [0.717, 1.165) is 11.8 Å². The second-order valence-corrected chi connectivity index (χ2v) is 7.60. The van der Waals surface area contributed by atoms with Gasteiger partial charge in [0, 0.05) is 22.3 Å². The number of carbonyl (C=O) groups excluding carboxylic acids is 3. The third-order valence-corrected chi connectivity index (χ3v) is 5.58. The zero-order valence-corrected chi connectivity index (χ0v) is 16.5. The average molecular weight is 443 g/mol. The number of halogens is 1. The number of nitrogens with zero attached hydrogens (tertiary/aromatic N) is 1. The second-order valence-electron chi connectivity index (χ2n) is 6.23. The summed E-state index contributed by atoms with van der Waals surface area (Å²) in [5.74, 6) is -1.39. The fraction of sp³-hybridized carbons (Fsp3) is 0.0526. The van der Waals surface area contributed by atoms with Crippen LogP contribution in [0.4, 0.5) is 5.69 Å². The van der Waals surface area contributed by atoms with E-state index in [9.17, 15) is 24.0 Å². The van der Waals surface area contributed by atoms with Crippen molar-refractivity contribution in [2.75, 3.05) is 11.1 Å². The molecule has 1 aliphatic carbocycles. The van der Waals surface area contributed by atoms with Gasteiger partial charge in [0.2, 0.25) is 5.91 Å². The minimum atomic E-state index is -0.754. The van der Waals surface area contributed by atoms with E-state index in [2.05, 4.69) is 15.5 Å². The molecule has 3 aromatic rings. The molecule has 11 heteroatoms. The Bertz CT molecular complexity index is 1350. The van der Waals surface area contributed by atoms with Crippen molar-refractivity contribution < 1.29 is 14.4 Å². The first-order valence-electron chi connectivity index (χ1n) is 8.49. The highest BCUT2D eigenvalue weighted by molar-refractivity contribution is 7.99. The number of aromatic amines is 2. The Kier molecular flexibility index (Phi) is 5.10. The van der Waals surface area contributed by atoms with Crippen LogP contribution in [0, 0.1) is 0 Å². The minimum absolute atomic E-state index is 0.0846. The summed E-state index contributed by atoms with van der Waals surface area (Å²) in [7, 11) is 0. The van der Waals surface area contributed by atoms with Crippen molar-refractivity contribution in [3.05, 3.63) is 84.5 Å². The van der Waals surface area contributed by atoms with Crippen molar-refractivity contribution >= 4 is 46.5 Å². The van der Waals surface area contributed by atoms with Crippen LogP contribution in [0.1, 0.15) is 31.8 Å². The van der Waals surface area contributed by atoms with Gasteiger partial charge >= 0.3 is 5.69 Å². The fourth-order valence-corrected chi connectivity index (χ4v) is 3.81. The van der Waals surface area contributed by atoms with Crippen molar-refractivity contribution in [3.63, 3.8) is 0 Å². The molecule has 2 aromatic carbocycles. The van der Waals surface area contributed by atoms with Crippen molar-refractivity contribution in [2.45, 2.75) is 5.03 Å². The van der Waals surface area contributed by atoms with Crippen LogP contribution in [0.25, 0.3) is 0 Å². The first-order chi connectivity index (χ1) is 14.3. The van der Waals surface area contributed by atoms with Gasteiger partial charge in [-0.05, 0) is 12.1 Å². The Balaban J connectivity index is 1.56. The van der Waals surface area contributed by atoms with Gasteiger partial charge < -0.3 is 5.32 Å². The summed E-state index contributed by atoms with van der Waals surface area (Å²) in [4.78, 5) is 62.3. The van der Waals surface area contributed by atoms with E-state index in [1.165, 1.54) is 12.1 Å². The number of amides is 1. The van der Waals surface area contributed by atoms with E-state index in [0.29, 0.717) is 5.56 Å².